The summed E-state index contributed by atoms with van der Waals surface area (Å²) in [5.74, 6) is -0.114. The summed E-state index contributed by atoms with van der Waals surface area (Å²) in [7, 11) is 2.02. The van der Waals surface area contributed by atoms with Crippen LogP contribution in [0, 0.1) is 0 Å². The third kappa shape index (κ3) is 2.87. The smallest absolute Gasteiger partial charge is 0.289 e. The molecule has 21 heavy (non-hydrogen) atoms. The minimum atomic E-state index is -0.220. The van der Waals surface area contributed by atoms with Crippen LogP contribution in [0.1, 0.15) is 10.6 Å². The van der Waals surface area contributed by atoms with E-state index < -0.39 is 0 Å². The standard InChI is InChI=1S/C15H15BrN2O3/c1-17-4-6-18(7-5-17)15(20)14-9-12(19)11-3-2-10(16)8-13(11)21-14/h2-3,8-9H,4-7H2,1H3. The van der Waals surface area contributed by atoms with Crippen LogP contribution in [-0.4, -0.2) is 48.9 Å². The Morgan fingerprint density at radius 2 is 1.90 bits per heavy atom. The van der Waals surface area contributed by atoms with Crippen LogP contribution < -0.4 is 5.43 Å². The minimum Gasteiger partial charge on any atom is -0.451 e. The van der Waals surface area contributed by atoms with Crippen LogP contribution in [0.4, 0.5) is 0 Å². The first-order chi connectivity index (χ1) is 10.0. The summed E-state index contributed by atoms with van der Waals surface area (Å²) in [6.07, 6.45) is 0. The van der Waals surface area contributed by atoms with Crippen molar-refractivity contribution in [2.75, 3.05) is 33.2 Å². The molecule has 1 aliphatic heterocycles. The van der Waals surface area contributed by atoms with E-state index in [2.05, 4.69) is 20.8 Å². The van der Waals surface area contributed by atoms with Crippen molar-refractivity contribution < 1.29 is 9.21 Å². The van der Waals surface area contributed by atoms with Crippen molar-refractivity contribution in [3.8, 4) is 0 Å². The van der Waals surface area contributed by atoms with Gasteiger partial charge in [0, 0.05) is 36.7 Å². The molecule has 0 atom stereocenters. The Morgan fingerprint density at radius 3 is 2.62 bits per heavy atom. The molecule has 1 fully saturated rings. The summed E-state index contributed by atoms with van der Waals surface area (Å²) in [4.78, 5) is 28.4. The number of amides is 1. The zero-order valence-electron chi connectivity index (χ0n) is 11.6. The van der Waals surface area contributed by atoms with E-state index in [0.29, 0.717) is 24.1 Å². The maximum absolute atomic E-state index is 12.5. The molecule has 1 aliphatic rings. The van der Waals surface area contributed by atoms with Crippen LogP contribution in [0.5, 0.6) is 0 Å². The van der Waals surface area contributed by atoms with E-state index in [9.17, 15) is 9.59 Å². The summed E-state index contributed by atoms with van der Waals surface area (Å²) in [6.45, 7) is 2.95. The largest absolute Gasteiger partial charge is 0.451 e. The lowest BCUT2D eigenvalue weighted by atomic mass is 10.2. The van der Waals surface area contributed by atoms with Crippen molar-refractivity contribution >= 4 is 32.8 Å². The van der Waals surface area contributed by atoms with Crippen LogP contribution in [-0.2, 0) is 0 Å². The summed E-state index contributed by atoms with van der Waals surface area (Å²) in [6, 6.07) is 6.46. The number of nitrogens with zero attached hydrogens (tertiary/aromatic N) is 2. The van der Waals surface area contributed by atoms with E-state index in [0.717, 1.165) is 17.6 Å². The Morgan fingerprint density at radius 1 is 1.19 bits per heavy atom. The van der Waals surface area contributed by atoms with E-state index in [1.807, 2.05) is 7.05 Å². The van der Waals surface area contributed by atoms with Crippen molar-refractivity contribution in [3.63, 3.8) is 0 Å². The molecular formula is C15H15BrN2O3. The lowest BCUT2D eigenvalue weighted by Crippen LogP contribution is -2.47. The fourth-order valence-electron chi connectivity index (χ4n) is 2.40. The van der Waals surface area contributed by atoms with Gasteiger partial charge in [-0.05, 0) is 25.2 Å². The Hall–Kier alpha value is -1.66. The average molecular weight is 351 g/mol. The molecule has 5 nitrogen and oxygen atoms in total. The Bertz CT molecular complexity index is 748. The summed E-state index contributed by atoms with van der Waals surface area (Å²) < 4.78 is 6.44. The highest BCUT2D eigenvalue weighted by Gasteiger charge is 2.23. The first-order valence-electron chi connectivity index (χ1n) is 6.76. The van der Waals surface area contributed by atoms with Gasteiger partial charge < -0.3 is 14.2 Å². The molecule has 6 heteroatoms. The maximum atomic E-state index is 12.5. The molecule has 1 saturated heterocycles. The van der Waals surface area contributed by atoms with Gasteiger partial charge in [0.2, 0.25) is 0 Å². The predicted octanol–water partition coefficient (Wildman–Crippen LogP) is 1.94. The number of piperazine rings is 1. The van der Waals surface area contributed by atoms with E-state index in [1.165, 1.54) is 6.07 Å². The number of carbonyl (C=O) groups is 1. The normalized spacial score (nSPS) is 16.4. The van der Waals surface area contributed by atoms with Crippen LogP contribution in [0.15, 0.2) is 37.9 Å². The SMILES string of the molecule is CN1CCN(C(=O)c2cc(=O)c3ccc(Br)cc3o2)CC1. The van der Waals surface area contributed by atoms with Gasteiger partial charge in [-0.1, -0.05) is 15.9 Å². The molecule has 2 aromatic rings. The molecule has 1 aromatic carbocycles. The van der Waals surface area contributed by atoms with E-state index in [4.69, 9.17) is 4.42 Å². The number of hydrogen-bond donors (Lipinski definition) is 0. The van der Waals surface area contributed by atoms with Gasteiger partial charge in [0.25, 0.3) is 5.91 Å². The second kappa shape index (κ2) is 5.61. The van der Waals surface area contributed by atoms with Gasteiger partial charge >= 0.3 is 0 Å². The molecule has 1 aromatic heterocycles. The summed E-state index contributed by atoms with van der Waals surface area (Å²) in [5.41, 5.74) is 0.232. The number of benzene rings is 1. The minimum absolute atomic E-state index is 0.107. The van der Waals surface area contributed by atoms with Gasteiger partial charge in [-0.2, -0.15) is 0 Å². The first-order valence-corrected chi connectivity index (χ1v) is 7.55. The predicted molar refractivity (Wildman–Crippen MR) is 83.6 cm³/mol. The van der Waals surface area contributed by atoms with Gasteiger partial charge in [0.1, 0.15) is 5.58 Å². The topological polar surface area (TPSA) is 53.8 Å². The average Bonchev–Trinajstić information content (AvgIpc) is 2.46. The lowest BCUT2D eigenvalue weighted by molar-refractivity contribution is 0.0633. The van der Waals surface area contributed by atoms with Gasteiger partial charge in [0.05, 0.1) is 5.39 Å². The number of hydrogen-bond acceptors (Lipinski definition) is 4. The van der Waals surface area contributed by atoms with Crippen LogP contribution in [0.25, 0.3) is 11.0 Å². The molecule has 0 saturated carbocycles. The summed E-state index contributed by atoms with van der Waals surface area (Å²) >= 11 is 3.34. The Labute approximate surface area is 130 Å². The number of likely N-dealkylation sites (N-methyl/N-ethyl adjacent to an activating group) is 1. The Kier molecular flexibility index (Phi) is 3.82. The van der Waals surface area contributed by atoms with Crippen LogP contribution >= 0.6 is 15.9 Å². The van der Waals surface area contributed by atoms with Crippen molar-refractivity contribution in [3.05, 3.63) is 44.7 Å². The van der Waals surface area contributed by atoms with Crippen molar-refractivity contribution in [2.45, 2.75) is 0 Å². The Balaban J connectivity index is 1.96. The molecule has 0 radical (unpaired) electrons. The molecule has 0 N–H and O–H groups in total. The van der Waals surface area contributed by atoms with Gasteiger partial charge in [-0.15, -0.1) is 0 Å². The molecule has 1 amide bonds. The van der Waals surface area contributed by atoms with Crippen molar-refractivity contribution in [1.82, 2.24) is 9.80 Å². The zero-order valence-corrected chi connectivity index (χ0v) is 13.2. The first kappa shape index (κ1) is 14.3. The highest BCUT2D eigenvalue weighted by atomic mass is 79.9. The van der Waals surface area contributed by atoms with Gasteiger partial charge in [0.15, 0.2) is 11.2 Å². The molecule has 0 unspecified atom stereocenters. The van der Waals surface area contributed by atoms with Crippen LogP contribution in [0.2, 0.25) is 0 Å². The summed E-state index contributed by atoms with van der Waals surface area (Å²) in [5, 5.41) is 0.480. The highest BCUT2D eigenvalue weighted by Crippen LogP contribution is 2.19. The third-order valence-electron chi connectivity index (χ3n) is 3.69. The molecule has 0 aliphatic carbocycles. The maximum Gasteiger partial charge on any atom is 0.289 e. The number of fused-ring (bicyclic) bond motifs is 1. The fraction of sp³-hybridized carbons (Fsp3) is 0.333. The van der Waals surface area contributed by atoms with Crippen molar-refractivity contribution in [1.29, 1.82) is 0 Å². The van der Waals surface area contributed by atoms with Crippen LogP contribution in [0.3, 0.4) is 0 Å². The monoisotopic (exact) mass is 350 g/mol. The molecule has 0 bridgehead atoms. The highest BCUT2D eigenvalue weighted by molar-refractivity contribution is 9.10. The second-order valence-electron chi connectivity index (χ2n) is 5.21. The van der Waals surface area contributed by atoms with E-state index in [-0.39, 0.29) is 17.1 Å². The molecule has 2 heterocycles. The second-order valence-corrected chi connectivity index (χ2v) is 6.13. The molecule has 3 rings (SSSR count). The molecule has 0 spiro atoms. The van der Waals surface area contributed by atoms with Gasteiger partial charge in [-0.3, -0.25) is 9.59 Å². The number of rotatable bonds is 1. The molecule has 110 valence electrons. The van der Waals surface area contributed by atoms with E-state index >= 15 is 0 Å². The fourth-order valence-corrected chi connectivity index (χ4v) is 2.74. The van der Waals surface area contributed by atoms with E-state index in [1.54, 1.807) is 23.1 Å². The zero-order chi connectivity index (χ0) is 15.0. The van der Waals surface area contributed by atoms with Crippen molar-refractivity contribution in [2.24, 2.45) is 0 Å². The molecular weight excluding hydrogens is 336 g/mol. The number of halogens is 1. The quantitative estimate of drug-likeness (QED) is 0.788. The van der Waals surface area contributed by atoms with Gasteiger partial charge in [-0.25, -0.2) is 0 Å². The third-order valence-corrected chi connectivity index (χ3v) is 4.19. The number of carbonyl (C=O) groups excluding carboxylic acids is 1. The lowest BCUT2D eigenvalue weighted by Gasteiger charge is -2.31.